The Labute approximate surface area is 162 Å². The minimum absolute atomic E-state index is 0.104. The minimum Gasteiger partial charge on any atom is -0.480 e. The first-order valence-corrected chi connectivity index (χ1v) is 9.57. The van der Waals surface area contributed by atoms with E-state index in [0.29, 0.717) is 18.9 Å². The van der Waals surface area contributed by atoms with Crippen LogP contribution in [0, 0.1) is 0 Å². The monoisotopic (exact) mass is 384 g/mol. The quantitative estimate of drug-likeness (QED) is 0.839. The van der Waals surface area contributed by atoms with Crippen LogP contribution < -0.4 is 10.2 Å². The van der Waals surface area contributed by atoms with Crippen LogP contribution >= 0.6 is 0 Å². The van der Waals surface area contributed by atoms with E-state index in [9.17, 15) is 14.4 Å². The van der Waals surface area contributed by atoms with E-state index >= 15 is 0 Å². The Morgan fingerprint density at radius 1 is 1.21 bits per heavy atom. The zero-order valence-corrected chi connectivity index (χ0v) is 15.9. The molecule has 2 N–H and O–H groups in total. The van der Waals surface area contributed by atoms with Crippen LogP contribution in [0.5, 0.6) is 0 Å². The Hall–Kier alpha value is -2.87. The van der Waals surface area contributed by atoms with Crippen LogP contribution in [0.3, 0.4) is 0 Å². The number of rotatable bonds is 4. The van der Waals surface area contributed by atoms with Gasteiger partial charge < -0.3 is 9.67 Å². The summed E-state index contributed by atoms with van der Waals surface area (Å²) in [6.45, 7) is 2.06. The zero-order valence-electron chi connectivity index (χ0n) is 15.9. The third-order valence-electron chi connectivity index (χ3n) is 5.76. The molecule has 0 radical (unpaired) electrons. The number of piperidine rings is 1. The van der Waals surface area contributed by atoms with E-state index in [0.717, 1.165) is 42.5 Å². The number of aryl methyl sites for hydroxylation is 1. The number of amides is 3. The highest BCUT2D eigenvalue weighted by molar-refractivity contribution is 6.10. The number of urea groups is 1. The number of carboxylic acid groups (broad SMARTS) is 1. The number of nitrogens with one attached hydrogen (secondary N) is 1. The van der Waals surface area contributed by atoms with Crippen LogP contribution in [0.15, 0.2) is 24.4 Å². The van der Waals surface area contributed by atoms with Crippen molar-refractivity contribution in [2.45, 2.75) is 25.2 Å². The number of carboxylic acids is 1. The summed E-state index contributed by atoms with van der Waals surface area (Å²) in [6, 6.07) is 5.95. The number of hydrogen-bond donors (Lipinski definition) is 2. The predicted octanol–water partition coefficient (Wildman–Crippen LogP) is 1.89. The Morgan fingerprint density at radius 2 is 1.96 bits per heavy atom. The number of hydrogen-bond acceptors (Lipinski definition) is 4. The van der Waals surface area contributed by atoms with Gasteiger partial charge in [0.1, 0.15) is 0 Å². The number of carbonyl (C=O) groups excluding carboxylic acids is 2. The van der Waals surface area contributed by atoms with Gasteiger partial charge in [-0.1, -0.05) is 12.1 Å². The van der Waals surface area contributed by atoms with E-state index in [4.69, 9.17) is 5.11 Å². The van der Waals surface area contributed by atoms with Gasteiger partial charge in [-0.2, -0.15) is 0 Å². The standard InChI is InChI=1S/C20H24N4O4/c1-22-11-17(24-9-6-18(25)21-20(24)28)15-3-2-14(10-16(15)22)13-4-7-23(8-5-13)12-19(26)27/h2-3,10-11,13H,4-9,12H2,1H3,(H,26,27)(H,21,25,28). The molecule has 0 saturated carbocycles. The van der Waals surface area contributed by atoms with Gasteiger partial charge in [0.05, 0.1) is 17.7 Å². The summed E-state index contributed by atoms with van der Waals surface area (Å²) in [7, 11) is 1.96. The van der Waals surface area contributed by atoms with Gasteiger partial charge in [-0.3, -0.25) is 24.7 Å². The lowest BCUT2D eigenvalue weighted by Crippen LogP contribution is -2.49. The summed E-state index contributed by atoms with van der Waals surface area (Å²) < 4.78 is 2.01. The second-order valence-corrected chi connectivity index (χ2v) is 7.60. The van der Waals surface area contributed by atoms with E-state index in [1.165, 1.54) is 5.56 Å². The molecule has 2 aliphatic heterocycles. The Kier molecular flexibility index (Phi) is 4.80. The molecule has 1 aromatic heterocycles. The van der Waals surface area contributed by atoms with Crippen LogP contribution in [0.25, 0.3) is 10.9 Å². The highest BCUT2D eigenvalue weighted by atomic mass is 16.4. The molecule has 1 aromatic carbocycles. The molecular formula is C20H24N4O4. The van der Waals surface area contributed by atoms with Crippen LogP contribution in [0.2, 0.25) is 0 Å². The van der Waals surface area contributed by atoms with Gasteiger partial charge in [-0.25, -0.2) is 4.79 Å². The molecule has 3 amide bonds. The van der Waals surface area contributed by atoms with Crippen molar-refractivity contribution in [1.29, 1.82) is 0 Å². The van der Waals surface area contributed by atoms with Gasteiger partial charge in [0, 0.05) is 31.6 Å². The molecule has 2 fully saturated rings. The van der Waals surface area contributed by atoms with Crippen molar-refractivity contribution in [1.82, 2.24) is 14.8 Å². The SMILES string of the molecule is Cn1cc(N2CCC(=O)NC2=O)c2ccc(C3CCN(CC(=O)O)CC3)cc21. The highest BCUT2D eigenvalue weighted by Gasteiger charge is 2.27. The number of anilines is 1. The summed E-state index contributed by atoms with van der Waals surface area (Å²) in [6.07, 6.45) is 4.10. The lowest BCUT2D eigenvalue weighted by atomic mass is 9.89. The molecule has 3 heterocycles. The molecule has 8 heteroatoms. The molecule has 4 rings (SSSR count). The number of nitrogens with zero attached hydrogens (tertiary/aromatic N) is 3. The van der Waals surface area contributed by atoms with Crippen LogP contribution in [0.1, 0.15) is 30.7 Å². The number of aliphatic carboxylic acids is 1. The van der Waals surface area contributed by atoms with E-state index in [1.54, 1.807) is 4.90 Å². The lowest BCUT2D eigenvalue weighted by Gasteiger charge is -2.31. The summed E-state index contributed by atoms with van der Waals surface area (Å²) in [5.41, 5.74) is 3.10. The summed E-state index contributed by atoms with van der Waals surface area (Å²) >= 11 is 0. The summed E-state index contributed by atoms with van der Waals surface area (Å²) in [5.74, 6) is -0.610. The molecule has 0 spiro atoms. The van der Waals surface area contributed by atoms with Gasteiger partial charge in [-0.15, -0.1) is 0 Å². The van der Waals surface area contributed by atoms with Crippen molar-refractivity contribution in [3.8, 4) is 0 Å². The summed E-state index contributed by atoms with van der Waals surface area (Å²) in [4.78, 5) is 38.1. The fraction of sp³-hybridized carbons (Fsp3) is 0.450. The molecule has 0 unspecified atom stereocenters. The Bertz CT molecular complexity index is 943. The molecule has 2 aromatic rings. The van der Waals surface area contributed by atoms with Crippen molar-refractivity contribution >= 4 is 34.5 Å². The van der Waals surface area contributed by atoms with Crippen molar-refractivity contribution < 1.29 is 19.5 Å². The molecule has 0 aliphatic carbocycles. The maximum absolute atomic E-state index is 12.2. The van der Waals surface area contributed by atoms with Gasteiger partial charge in [0.15, 0.2) is 0 Å². The fourth-order valence-electron chi connectivity index (χ4n) is 4.26. The van der Waals surface area contributed by atoms with Crippen LogP contribution in [0.4, 0.5) is 10.5 Å². The van der Waals surface area contributed by atoms with Gasteiger partial charge in [-0.05, 0) is 43.5 Å². The van der Waals surface area contributed by atoms with Crippen LogP contribution in [-0.2, 0) is 16.6 Å². The first-order chi connectivity index (χ1) is 13.4. The van der Waals surface area contributed by atoms with Gasteiger partial charge >= 0.3 is 12.0 Å². The lowest BCUT2D eigenvalue weighted by molar-refractivity contribution is -0.138. The maximum atomic E-state index is 12.2. The number of carbonyl (C=O) groups is 3. The van der Waals surface area contributed by atoms with Crippen molar-refractivity contribution in [3.05, 3.63) is 30.0 Å². The number of aromatic nitrogens is 1. The zero-order chi connectivity index (χ0) is 19.8. The van der Waals surface area contributed by atoms with Gasteiger partial charge in [0.25, 0.3) is 0 Å². The topological polar surface area (TPSA) is 94.9 Å². The average Bonchev–Trinajstić information content (AvgIpc) is 2.98. The van der Waals surface area contributed by atoms with Crippen molar-refractivity contribution in [3.63, 3.8) is 0 Å². The Morgan fingerprint density at radius 3 is 2.64 bits per heavy atom. The Balaban J connectivity index is 1.56. The van der Waals surface area contributed by atoms with E-state index in [-0.39, 0.29) is 18.5 Å². The summed E-state index contributed by atoms with van der Waals surface area (Å²) in [5, 5.41) is 12.3. The third kappa shape index (κ3) is 3.47. The normalized spacial score (nSPS) is 19.2. The van der Waals surface area contributed by atoms with Crippen molar-refractivity contribution in [2.75, 3.05) is 31.1 Å². The largest absolute Gasteiger partial charge is 0.480 e. The number of benzene rings is 1. The third-order valence-corrected chi connectivity index (χ3v) is 5.76. The molecule has 0 atom stereocenters. The number of likely N-dealkylation sites (tertiary alicyclic amines) is 1. The molecule has 2 aliphatic rings. The number of imide groups is 1. The predicted molar refractivity (Wildman–Crippen MR) is 104 cm³/mol. The molecule has 8 nitrogen and oxygen atoms in total. The average molecular weight is 384 g/mol. The minimum atomic E-state index is -0.778. The molecule has 0 bridgehead atoms. The molecular weight excluding hydrogens is 360 g/mol. The number of fused-ring (bicyclic) bond motifs is 1. The van der Waals surface area contributed by atoms with Gasteiger partial charge in [0.2, 0.25) is 5.91 Å². The smallest absolute Gasteiger partial charge is 0.328 e. The van der Waals surface area contributed by atoms with E-state index < -0.39 is 5.97 Å². The molecule has 148 valence electrons. The second kappa shape index (κ2) is 7.27. The van der Waals surface area contributed by atoms with E-state index in [2.05, 4.69) is 17.4 Å². The molecule has 28 heavy (non-hydrogen) atoms. The first-order valence-electron chi connectivity index (χ1n) is 9.57. The second-order valence-electron chi connectivity index (χ2n) is 7.60. The first kappa shape index (κ1) is 18.5. The van der Waals surface area contributed by atoms with Crippen molar-refractivity contribution in [2.24, 2.45) is 7.05 Å². The maximum Gasteiger partial charge on any atom is 0.328 e. The highest BCUT2D eigenvalue weighted by Crippen LogP contribution is 2.34. The van der Waals surface area contributed by atoms with Crippen LogP contribution in [-0.4, -0.2) is 58.7 Å². The van der Waals surface area contributed by atoms with E-state index in [1.807, 2.05) is 28.8 Å². The fourth-order valence-corrected chi connectivity index (χ4v) is 4.26. The molecule has 2 saturated heterocycles.